The first-order valence-electron chi connectivity index (χ1n) is 9.39. The average Bonchev–Trinajstić information content (AvgIpc) is 2.78. The van der Waals surface area contributed by atoms with Gasteiger partial charge in [0, 0.05) is 5.56 Å². The highest BCUT2D eigenvalue weighted by atomic mass is 127. The number of hydrazone groups is 1. The van der Waals surface area contributed by atoms with Crippen molar-refractivity contribution in [3.8, 4) is 5.75 Å². The third-order valence-electron chi connectivity index (χ3n) is 4.38. The molecule has 0 saturated heterocycles. The van der Waals surface area contributed by atoms with Crippen LogP contribution >= 0.6 is 22.6 Å². The van der Waals surface area contributed by atoms with Crippen molar-refractivity contribution in [3.05, 3.63) is 98.1 Å². The van der Waals surface area contributed by atoms with Gasteiger partial charge in [0.05, 0.1) is 20.9 Å². The van der Waals surface area contributed by atoms with E-state index in [1.165, 1.54) is 24.4 Å². The summed E-state index contributed by atoms with van der Waals surface area (Å²) in [5, 5.41) is 12.7. The van der Waals surface area contributed by atoms with Crippen LogP contribution in [0.3, 0.4) is 0 Å². The van der Waals surface area contributed by atoms with E-state index in [1.807, 2.05) is 0 Å². The fraction of sp³-hybridized carbons (Fsp3) is 0.0870. The van der Waals surface area contributed by atoms with E-state index in [4.69, 9.17) is 9.84 Å². The van der Waals surface area contributed by atoms with Crippen LogP contribution in [0, 0.1) is 3.57 Å². The molecule has 0 bridgehead atoms. The van der Waals surface area contributed by atoms with E-state index in [-0.39, 0.29) is 17.7 Å². The van der Waals surface area contributed by atoms with Crippen molar-refractivity contribution in [1.82, 2.24) is 5.43 Å². The van der Waals surface area contributed by atoms with Gasteiger partial charge in [0.25, 0.3) is 5.91 Å². The number of carbonyl (C=O) groups is 2. The molecular weight excluding hydrogens is 552 g/mol. The van der Waals surface area contributed by atoms with Gasteiger partial charge in [0.1, 0.15) is 12.4 Å². The Morgan fingerprint density at radius 1 is 1.03 bits per heavy atom. The second-order valence-corrected chi connectivity index (χ2v) is 7.92. The van der Waals surface area contributed by atoms with Crippen LogP contribution in [0.25, 0.3) is 0 Å². The van der Waals surface area contributed by atoms with E-state index in [0.717, 1.165) is 27.3 Å². The SMILES string of the molecule is O=C(O)c1ccc(COc2ccc(/C=N\NC(=O)c3cccc(C(F)(F)F)c3)cc2I)cc1. The molecule has 0 aromatic heterocycles. The maximum atomic E-state index is 12.8. The van der Waals surface area contributed by atoms with Crippen LogP contribution in [0.4, 0.5) is 13.2 Å². The second-order valence-electron chi connectivity index (χ2n) is 6.76. The van der Waals surface area contributed by atoms with Crippen LogP contribution in [0.5, 0.6) is 5.75 Å². The lowest BCUT2D eigenvalue weighted by atomic mass is 10.1. The number of nitrogens with one attached hydrogen (secondary N) is 1. The van der Waals surface area contributed by atoms with Crippen molar-refractivity contribution in [2.75, 3.05) is 0 Å². The maximum absolute atomic E-state index is 12.8. The Hall–Kier alpha value is -3.41. The van der Waals surface area contributed by atoms with E-state index < -0.39 is 23.6 Å². The molecule has 0 radical (unpaired) electrons. The summed E-state index contributed by atoms with van der Waals surface area (Å²) in [6.45, 7) is 0.246. The number of aromatic carboxylic acids is 1. The van der Waals surface area contributed by atoms with Crippen LogP contribution in [0.2, 0.25) is 0 Å². The minimum Gasteiger partial charge on any atom is -0.488 e. The molecule has 0 spiro atoms. The van der Waals surface area contributed by atoms with Crippen molar-refractivity contribution >= 4 is 40.7 Å². The maximum Gasteiger partial charge on any atom is 0.416 e. The van der Waals surface area contributed by atoms with Gasteiger partial charge >= 0.3 is 12.1 Å². The number of amides is 1. The number of rotatable bonds is 7. The molecule has 0 unspecified atom stereocenters. The third kappa shape index (κ3) is 6.78. The summed E-state index contributed by atoms with van der Waals surface area (Å²) in [6.07, 6.45) is -3.18. The van der Waals surface area contributed by atoms with Crippen molar-refractivity contribution in [2.24, 2.45) is 5.10 Å². The van der Waals surface area contributed by atoms with Crippen LogP contribution in [-0.4, -0.2) is 23.2 Å². The largest absolute Gasteiger partial charge is 0.488 e. The Kier molecular flexibility index (Phi) is 7.69. The lowest BCUT2D eigenvalue weighted by Gasteiger charge is -2.09. The van der Waals surface area contributed by atoms with Gasteiger partial charge in [-0.05, 0) is 82.2 Å². The molecule has 0 aliphatic carbocycles. The number of carboxylic acids is 1. The molecule has 3 aromatic rings. The number of halogens is 4. The van der Waals surface area contributed by atoms with E-state index in [9.17, 15) is 22.8 Å². The normalized spacial score (nSPS) is 11.4. The van der Waals surface area contributed by atoms with E-state index in [2.05, 4.69) is 33.1 Å². The number of carbonyl (C=O) groups excluding carboxylic acids is 1. The first-order valence-corrected chi connectivity index (χ1v) is 10.5. The molecule has 33 heavy (non-hydrogen) atoms. The molecule has 170 valence electrons. The first-order chi connectivity index (χ1) is 15.6. The molecule has 1 amide bonds. The summed E-state index contributed by atoms with van der Waals surface area (Å²) in [5.74, 6) is -1.16. The highest BCUT2D eigenvalue weighted by Gasteiger charge is 2.30. The topological polar surface area (TPSA) is 88.0 Å². The number of hydrogen-bond acceptors (Lipinski definition) is 4. The van der Waals surface area contributed by atoms with Crippen molar-refractivity contribution < 1.29 is 32.6 Å². The molecule has 2 N–H and O–H groups in total. The first kappa shape index (κ1) is 24.2. The van der Waals surface area contributed by atoms with Crippen molar-refractivity contribution in [3.63, 3.8) is 0 Å². The van der Waals surface area contributed by atoms with Gasteiger partial charge in [-0.3, -0.25) is 4.79 Å². The Labute approximate surface area is 200 Å². The quantitative estimate of drug-likeness (QED) is 0.229. The number of hydrogen-bond donors (Lipinski definition) is 2. The van der Waals surface area contributed by atoms with Crippen molar-refractivity contribution in [2.45, 2.75) is 12.8 Å². The van der Waals surface area contributed by atoms with Gasteiger partial charge < -0.3 is 9.84 Å². The molecule has 6 nitrogen and oxygen atoms in total. The molecule has 3 rings (SSSR count). The van der Waals surface area contributed by atoms with Crippen molar-refractivity contribution in [1.29, 1.82) is 0 Å². The predicted molar refractivity (Wildman–Crippen MR) is 123 cm³/mol. The summed E-state index contributed by atoms with van der Waals surface area (Å²) in [6, 6.07) is 15.6. The zero-order valence-corrected chi connectivity index (χ0v) is 18.9. The molecular formula is C23H16F3IN2O4. The zero-order valence-electron chi connectivity index (χ0n) is 16.8. The molecule has 0 fully saturated rings. The van der Waals surface area contributed by atoms with Crippen LogP contribution in [-0.2, 0) is 12.8 Å². The lowest BCUT2D eigenvalue weighted by molar-refractivity contribution is -0.137. The molecule has 3 aromatic carbocycles. The fourth-order valence-corrected chi connectivity index (χ4v) is 3.38. The monoisotopic (exact) mass is 568 g/mol. The average molecular weight is 568 g/mol. The van der Waals surface area contributed by atoms with E-state index >= 15 is 0 Å². The number of benzene rings is 3. The number of nitrogens with zero attached hydrogens (tertiary/aromatic N) is 1. The summed E-state index contributed by atoms with van der Waals surface area (Å²) >= 11 is 2.07. The number of ether oxygens (including phenoxy) is 1. The van der Waals surface area contributed by atoms with Gasteiger partial charge in [-0.2, -0.15) is 18.3 Å². The standard InChI is InChI=1S/C23H16F3IN2O4/c24-23(25,26)18-3-1-2-17(11-18)21(30)29-28-12-15-6-9-20(19(27)10-15)33-13-14-4-7-16(8-5-14)22(31)32/h1-12H,13H2,(H,29,30)(H,31,32)/b28-12-. The zero-order chi connectivity index (χ0) is 24.0. The Morgan fingerprint density at radius 3 is 2.39 bits per heavy atom. The fourth-order valence-electron chi connectivity index (χ4n) is 2.69. The molecule has 0 heterocycles. The predicted octanol–water partition coefficient (Wildman–Crippen LogP) is 5.35. The van der Waals surface area contributed by atoms with E-state index in [1.54, 1.807) is 30.3 Å². The summed E-state index contributed by atoms with van der Waals surface area (Å²) in [4.78, 5) is 23.0. The third-order valence-corrected chi connectivity index (χ3v) is 5.23. The Bertz CT molecular complexity index is 1200. The molecule has 0 atom stereocenters. The van der Waals surface area contributed by atoms with Crippen LogP contribution in [0.1, 0.15) is 37.4 Å². The smallest absolute Gasteiger partial charge is 0.416 e. The molecule has 0 saturated carbocycles. The Morgan fingerprint density at radius 2 is 1.76 bits per heavy atom. The Balaban J connectivity index is 1.58. The minimum absolute atomic E-state index is 0.156. The van der Waals surface area contributed by atoms with Gasteiger partial charge in [-0.1, -0.05) is 18.2 Å². The molecule has 10 heteroatoms. The highest BCUT2D eigenvalue weighted by Crippen LogP contribution is 2.29. The second kappa shape index (κ2) is 10.5. The summed E-state index contributed by atoms with van der Waals surface area (Å²) < 4.78 is 44.9. The molecule has 0 aliphatic heterocycles. The van der Waals surface area contributed by atoms with E-state index in [0.29, 0.717) is 11.3 Å². The van der Waals surface area contributed by atoms with Gasteiger partial charge in [0.15, 0.2) is 0 Å². The van der Waals surface area contributed by atoms with Gasteiger partial charge in [-0.25, -0.2) is 10.2 Å². The summed E-state index contributed by atoms with van der Waals surface area (Å²) in [7, 11) is 0. The number of carboxylic acid groups (broad SMARTS) is 1. The minimum atomic E-state index is -4.54. The van der Waals surface area contributed by atoms with Gasteiger partial charge in [0.2, 0.25) is 0 Å². The van der Waals surface area contributed by atoms with Crippen LogP contribution < -0.4 is 10.2 Å². The van der Waals surface area contributed by atoms with Crippen LogP contribution in [0.15, 0.2) is 71.8 Å². The van der Waals surface area contributed by atoms with Gasteiger partial charge in [-0.15, -0.1) is 0 Å². The summed E-state index contributed by atoms with van der Waals surface area (Å²) in [5.41, 5.74) is 2.77. The molecule has 0 aliphatic rings. The lowest BCUT2D eigenvalue weighted by Crippen LogP contribution is -2.18. The highest BCUT2D eigenvalue weighted by molar-refractivity contribution is 14.1. The number of alkyl halides is 3.